The van der Waals surface area contributed by atoms with Crippen LogP contribution in [0.15, 0.2) is 60.8 Å². The molecule has 2 fully saturated rings. The van der Waals surface area contributed by atoms with E-state index in [0.29, 0.717) is 23.8 Å². The normalized spacial score (nSPS) is 17.1. The van der Waals surface area contributed by atoms with E-state index in [0.717, 1.165) is 71.1 Å². The average molecular weight is 501 g/mol. The summed E-state index contributed by atoms with van der Waals surface area (Å²) < 4.78 is 5.42. The van der Waals surface area contributed by atoms with Gasteiger partial charge in [0.15, 0.2) is 5.82 Å². The van der Waals surface area contributed by atoms with Crippen molar-refractivity contribution < 1.29 is 9.53 Å². The lowest BCUT2D eigenvalue weighted by atomic mass is 10.1. The van der Waals surface area contributed by atoms with Crippen molar-refractivity contribution in [2.24, 2.45) is 0 Å². The molecule has 0 bridgehead atoms. The summed E-state index contributed by atoms with van der Waals surface area (Å²) in [5.74, 6) is 1.24. The molecule has 8 nitrogen and oxygen atoms in total. The molecule has 2 aliphatic heterocycles. The number of aromatic nitrogens is 2. The molecule has 8 heteroatoms. The second-order valence-corrected chi connectivity index (χ2v) is 9.76. The third kappa shape index (κ3) is 6.71. The maximum atomic E-state index is 13.3. The zero-order valence-electron chi connectivity index (χ0n) is 21.6. The predicted octanol–water partition coefficient (Wildman–Crippen LogP) is 2.84. The number of anilines is 1. The van der Waals surface area contributed by atoms with E-state index in [1.807, 2.05) is 12.1 Å². The highest BCUT2D eigenvalue weighted by molar-refractivity contribution is 5.99. The van der Waals surface area contributed by atoms with Crippen molar-refractivity contribution in [2.45, 2.75) is 13.5 Å². The summed E-state index contributed by atoms with van der Waals surface area (Å²) in [4.78, 5) is 29.8. The number of nitrogens with zero attached hydrogens (tertiary/aromatic N) is 5. The van der Waals surface area contributed by atoms with Crippen LogP contribution >= 0.6 is 0 Å². The second-order valence-electron chi connectivity index (χ2n) is 9.76. The maximum absolute atomic E-state index is 13.3. The third-order valence-corrected chi connectivity index (χ3v) is 7.06. The molecular formula is C29H36N6O2. The Labute approximate surface area is 219 Å². The molecule has 0 atom stereocenters. The highest BCUT2D eigenvalue weighted by atomic mass is 16.5. The molecule has 0 radical (unpaired) electrons. The molecule has 2 aliphatic rings. The fourth-order valence-corrected chi connectivity index (χ4v) is 4.82. The van der Waals surface area contributed by atoms with Crippen molar-refractivity contribution in [3.63, 3.8) is 0 Å². The zero-order chi connectivity index (χ0) is 25.5. The number of aryl methyl sites for hydroxylation is 1. The SMILES string of the molecule is Cc1ccc(-c2ncc(C(=O)NCCN3CCOCC3)c(N3CCN(Cc4ccccc4)CC3)n2)cc1. The van der Waals surface area contributed by atoms with E-state index in [1.54, 1.807) is 6.20 Å². The quantitative estimate of drug-likeness (QED) is 0.510. The fraction of sp³-hybridized carbons (Fsp3) is 0.414. The Kier molecular flexibility index (Phi) is 8.40. The van der Waals surface area contributed by atoms with E-state index in [4.69, 9.17) is 9.72 Å². The zero-order valence-corrected chi connectivity index (χ0v) is 21.6. The molecular weight excluding hydrogens is 464 g/mol. The Morgan fingerprint density at radius 1 is 0.919 bits per heavy atom. The number of piperazine rings is 1. The number of carbonyl (C=O) groups excluding carboxylic acids is 1. The van der Waals surface area contributed by atoms with Crippen LogP contribution in [0.25, 0.3) is 11.4 Å². The highest BCUT2D eigenvalue weighted by Crippen LogP contribution is 2.24. The first kappa shape index (κ1) is 25.3. The number of morpholine rings is 1. The van der Waals surface area contributed by atoms with E-state index < -0.39 is 0 Å². The van der Waals surface area contributed by atoms with Crippen LogP contribution in [0.4, 0.5) is 5.82 Å². The molecule has 1 N–H and O–H groups in total. The largest absolute Gasteiger partial charge is 0.379 e. The summed E-state index contributed by atoms with van der Waals surface area (Å²) in [6.45, 7) is 11.2. The fourth-order valence-electron chi connectivity index (χ4n) is 4.82. The Balaban J connectivity index is 1.30. The van der Waals surface area contributed by atoms with Gasteiger partial charge in [-0.3, -0.25) is 14.6 Å². The van der Waals surface area contributed by atoms with Crippen LogP contribution in [0.2, 0.25) is 0 Å². The maximum Gasteiger partial charge on any atom is 0.256 e. The molecule has 2 saturated heterocycles. The molecule has 1 aromatic heterocycles. The average Bonchev–Trinajstić information content (AvgIpc) is 2.95. The van der Waals surface area contributed by atoms with Gasteiger partial charge in [0.05, 0.1) is 13.2 Å². The van der Waals surface area contributed by atoms with Crippen molar-refractivity contribution >= 4 is 11.7 Å². The van der Waals surface area contributed by atoms with Gasteiger partial charge in [0.2, 0.25) is 0 Å². The molecule has 0 unspecified atom stereocenters. The molecule has 1 amide bonds. The van der Waals surface area contributed by atoms with Gasteiger partial charge in [0.1, 0.15) is 11.4 Å². The molecule has 0 aliphatic carbocycles. The van der Waals surface area contributed by atoms with Crippen LogP contribution in [0.1, 0.15) is 21.5 Å². The number of hydrogen-bond acceptors (Lipinski definition) is 7. The summed E-state index contributed by atoms with van der Waals surface area (Å²) in [7, 11) is 0. The van der Waals surface area contributed by atoms with E-state index in [-0.39, 0.29) is 5.91 Å². The lowest BCUT2D eigenvalue weighted by Gasteiger charge is -2.36. The number of rotatable bonds is 8. The first-order valence-electron chi connectivity index (χ1n) is 13.2. The Hall–Kier alpha value is -3.33. The molecule has 2 aromatic carbocycles. The van der Waals surface area contributed by atoms with Crippen LogP contribution in [-0.2, 0) is 11.3 Å². The van der Waals surface area contributed by atoms with Crippen molar-refractivity contribution in [3.05, 3.63) is 77.5 Å². The van der Waals surface area contributed by atoms with Gasteiger partial charge in [-0.2, -0.15) is 0 Å². The van der Waals surface area contributed by atoms with Gasteiger partial charge in [-0.15, -0.1) is 0 Å². The van der Waals surface area contributed by atoms with Gasteiger partial charge in [0.25, 0.3) is 5.91 Å². The third-order valence-electron chi connectivity index (χ3n) is 7.06. The van der Waals surface area contributed by atoms with Gasteiger partial charge in [-0.1, -0.05) is 60.2 Å². The monoisotopic (exact) mass is 500 g/mol. The number of carbonyl (C=O) groups is 1. The van der Waals surface area contributed by atoms with Gasteiger partial charge in [0, 0.05) is 70.7 Å². The number of amides is 1. The van der Waals surface area contributed by atoms with Gasteiger partial charge >= 0.3 is 0 Å². The van der Waals surface area contributed by atoms with Crippen molar-refractivity contribution in [1.82, 2.24) is 25.1 Å². The Bertz CT molecular complexity index is 1160. The molecule has 194 valence electrons. The smallest absolute Gasteiger partial charge is 0.256 e. The predicted molar refractivity (Wildman–Crippen MR) is 146 cm³/mol. The van der Waals surface area contributed by atoms with Crippen molar-refractivity contribution in [1.29, 1.82) is 0 Å². The van der Waals surface area contributed by atoms with Gasteiger partial charge in [-0.05, 0) is 12.5 Å². The van der Waals surface area contributed by atoms with Crippen LogP contribution in [-0.4, -0.2) is 91.2 Å². The topological polar surface area (TPSA) is 73.8 Å². The van der Waals surface area contributed by atoms with Crippen LogP contribution in [0.3, 0.4) is 0 Å². The minimum Gasteiger partial charge on any atom is -0.379 e. The first-order valence-corrected chi connectivity index (χ1v) is 13.2. The summed E-state index contributed by atoms with van der Waals surface area (Å²) in [6, 6.07) is 18.8. The number of hydrogen-bond donors (Lipinski definition) is 1. The first-order chi connectivity index (χ1) is 18.2. The van der Waals surface area contributed by atoms with Crippen LogP contribution in [0.5, 0.6) is 0 Å². The van der Waals surface area contributed by atoms with E-state index in [1.165, 1.54) is 11.1 Å². The van der Waals surface area contributed by atoms with Gasteiger partial charge < -0.3 is 15.0 Å². The van der Waals surface area contributed by atoms with E-state index >= 15 is 0 Å². The molecule has 37 heavy (non-hydrogen) atoms. The Morgan fingerprint density at radius 2 is 1.65 bits per heavy atom. The lowest BCUT2D eigenvalue weighted by molar-refractivity contribution is 0.0383. The number of benzene rings is 2. The summed E-state index contributed by atoms with van der Waals surface area (Å²) in [6.07, 6.45) is 1.69. The van der Waals surface area contributed by atoms with Crippen molar-refractivity contribution in [2.75, 3.05) is 70.5 Å². The molecule has 0 saturated carbocycles. The standard InChI is InChI=1S/C29H36N6O2/c1-23-7-9-25(10-8-23)27-31-21-26(29(36)30-11-12-33-17-19-37-20-18-33)28(32-27)35-15-13-34(14-16-35)22-24-5-3-2-4-6-24/h2-10,21H,11-20,22H2,1H3,(H,30,36). The minimum absolute atomic E-state index is 0.120. The minimum atomic E-state index is -0.120. The summed E-state index contributed by atoms with van der Waals surface area (Å²) >= 11 is 0. The van der Waals surface area contributed by atoms with Crippen molar-refractivity contribution in [3.8, 4) is 11.4 Å². The van der Waals surface area contributed by atoms with Crippen LogP contribution < -0.4 is 10.2 Å². The van der Waals surface area contributed by atoms with E-state index in [2.05, 4.69) is 74.4 Å². The van der Waals surface area contributed by atoms with E-state index in [9.17, 15) is 4.79 Å². The number of nitrogens with one attached hydrogen (secondary N) is 1. The molecule has 3 aromatic rings. The highest BCUT2D eigenvalue weighted by Gasteiger charge is 2.24. The summed E-state index contributed by atoms with van der Waals surface area (Å²) in [5.41, 5.74) is 4.00. The lowest BCUT2D eigenvalue weighted by Crippen LogP contribution is -2.47. The second kappa shape index (κ2) is 12.3. The van der Waals surface area contributed by atoms with Gasteiger partial charge in [-0.25, -0.2) is 9.97 Å². The molecule has 3 heterocycles. The molecule has 5 rings (SSSR count). The molecule has 0 spiro atoms. The van der Waals surface area contributed by atoms with Crippen LogP contribution in [0, 0.1) is 6.92 Å². The summed E-state index contributed by atoms with van der Waals surface area (Å²) in [5, 5.41) is 3.10. The Morgan fingerprint density at radius 3 is 2.38 bits per heavy atom. The number of ether oxygens (including phenoxy) is 1.